The van der Waals surface area contributed by atoms with Crippen LogP contribution in [0.4, 0.5) is 0 Å². The molecule has 0 saturated heterocycles. The second-order valence-electron chi connectivity index (χ2n) is 3.06. The molecule has 0 saturated carbocycles. The summed E-state index contributed by atoms with van der Waals surface area (Å²) in [6.07, 6.45) is 5.06. The van der Waals surface area contributed by atoms with E-state index in [1.807, 2.05) is 0 Å². The van der Waals surface area contributed by atoms with Crippen molar-refractivity contribution in [2.45, 2.75) is 0 Å². The molecule has 0 amide bonds. The maximum absolute atomic E-state index is 10.6. The van der Waals surface area contributed by atoms with Crippen molar-refractivity contribution in [2.24, 2.45) is 0 Å². The zero-order valence-electron chi connectivity index (χ0n) is 8.77. The highest BCUT2D eigenvalue weighted by Crippen LogP contribution is 2.11. The molecule has 0 atom stereocenters. The van der Waals surface area contributed by atoms with Gasteiger partial charge in [0.2, 0.25) is 0 Å². The maximum Gasteiger partial charge on any atom is 0.335 e. The Hall–Kier alpha value is -1.99. The molecule has 2 N–H and O–H groups in total. The van der Waals surface area contributed by atoms with E-state index in [1.165, 1.54) is 12.1 Å². The molecule has 0 bridgehead atoms. The number of aromatic carboxylic acids is 1. The Morgan fingerprint density at radius 2 is 2.12 bits per heavy atom. The third kappa shape index (κ3) is 4.03. The number of terminal acetylenes is 1. The molecule has 1 aromatic rings. The second-order valence-corrected chi connectivity index (χ2v) is 3.06. The average Bonchev–Trinajstić information content (AvgIpc) is 2.29. The first-order chi connectivity index (χ1) is 7.74. The number of hydrogen-bond donors (Lipinski definition) is 2. The van der Waals surface area contributed by atoms with Crippen LogP contribution < -0.4 is 10.1 Å². The van der Waals surface area contributed by atoms with Crippen molar-refractivity contribution in [1.29, 1.82) is 0 Å². The fraction of sp³-hybridized carbons (Fsp3) is 0.250. The van der Waals surface area contributed by atoms with E-state index in [-0.39, 0.29) is 5.56 Å². The molecular formula is C12H13NO3. The number of carboxylic acids is 1. The van der Waals surface area contributed by atoms with Gasteiger partial charge >= 0.3 is 5.97 Å². The van der Waals surface area contributed by atoms with E-state index in [0.29, 0.717) is 25.4 Å². The van der Waals surface area contributed by atoms with E-state index < -0.39 is 5.97 Å². The van der Waals surface area contributed by atoms with Crippen LogP contribution in [0, 0.1) is 12.3 Å². The Morgan fingerprint density at radius 3 is 2.69 bits per heavy atom. The number of carboxylic acid groups (broad SMARTS) is 1. The lowest BCUT2D eigenvalue weighted by atomic mass is 10.2. The maximum atomic E-state index is 10.6. The molecule has 4 nitrogen and oxygen atoms in total. The van der Waals surface area contributed by atoms with Crippen molar-refractivity contribution < 1.29 is 14.6 Å². The number of rotatable bonds is 6. The minimum absolute atomic E-state index is 0.248. The first-order valence-electron chi connectivity index (χ1n) is 4.84. The molecule has 1 rings (SSSR count). The number of benzene rings is 1. The van der Waals surface area contributed by atoms with Crippen LogP contribution in [0.15, 0.2) is 24.3 Å². The van der Waals surface area contributed by atoms with Crippen LogP contribution in [0.25, 0.3) is 0 Å². The van der Waals surface area contributed by atoms with Crippen molar-refractivity contribution >= 4 is 5.97 Å². The van der Waals surface area contributed by atoms with E-state index in [2.05, 4.69) is 11.2 Å². The minimum atomic E-state index is -0.942. The zero-order valence-corrected chi connectivity index (χ0v) is 8.77. The van der Waals surface area contributed by atoms with Crippen LogP contribution in [0.1, 0.15) is 10.4 Å². The molecule has 0 radical (unpaired) electrons. The summed E-state index contributed by atoms with van der Waals surface area (Å²) in [4.78, 5) is 10.6. The first-order valence-corrected chi connectivity index (χ1v) is 4.84. The van der Waals surface area contributed by atoms with Gasteiger partial charge in [-0.3, -0.25) is 0 Å². The van der Waals surface area contributed by atoms with Crippen LogP contribution >= 0.6 is 0 Å². The molecule has 16 heavy (non-hydrogen) atoms. The predicted octanol–water partition coefficient (Wildman–Crippen LogP) is 0.986. The molecule has 0 unspecified atom stereocenters. The van der Waals surface area contributed by atoms with E-state index in [4.69, 9.17) is 16.3 Å². The second kappa shape index (κ2) is 6.49. The molecule has 0 spiro atoms. The van der Waals surface area contributed by atoms with Gasteiger partial charge in [0.15, 0.2) is 0 Å². The third-order valence-corrected chi connectivity index (χ3v) is 1.88. The van der Waals surface area contributed by atoms with Gasteiger partial charge in [-0.15, -0.1) is 6.42 Å². The van der Waals surface area contributed by atoms with Crippen LogP contribution in [0.5, 0.6) is 5.75 Å². The molecule has 0 fully saturated rings. The van der Waals surface area contributed by atoms with E-state index >= 15 is 0 Å². The van der Waals surface area contributed by atoms with Gasteiger partial charge in [-0.2, -0.15) is 0 Å². The highest BCUT2D eigenvalue weighted by Gasteiger charge is 2.01. The summed E-state index contributed by atoms with van der Waals surface area (Å²) in [6.45, 7) is 1.67. The molecule has 84 valence electrons. The van der Waals surface area contributed by atoms with Gasteiger partial charge in [0.05, 0.1) is 12.1 Å². The third-order valence-electron chi connectivity index (χ3n) is 1.88. The smallest absolute Gasteiger partial charge is 0.335 e. The largest absolute Gasteiger partial charge is 0.492 e. The number of carbonyl (C=O) groups is 1. The zero-order chi connectivity index (χ0) is 11.8. The molecule has 0 aliphatic carbocycles. The predicted molar refractivity (Wildman–Crippen MR) is 60.6 cm³/mol. The molecule has 0 aliphatic heterocycles. The fourth-order valence-electron chi connectivity index (χ4n) is 1.10. The first kappa shape index (κ1) is 12.1. The summed E-state index contributed by atoms with van der Waals surface area (Å²) in [5.74, 6) is 2.16. The summed E-state index contributed by atoms with van der Waals surface area (Å²) < 4.78 is 5.36. The Morgan fingerprint density at radius 1 is 1.44 bits per heavy atom. The summed E-state index contributed by atoms with van der Waals surface area (Å²) >= 11 is 0. The normalized spacial score (nSPS) is 9.44. The monoisotopic (exact) mass is 219 g/mol. The lowest BCUT2D eigenvalue weighted by Crippen LogP contribution is -2.21. The van der Waals surface area contributed by atoms with E-state index in [1.54, 1.807) is 12.1 Å². The van der Waals surface area contributed by atoms with E-state index in [0.717, 1.165) is 0 Å². The van der Waals surface area contributed by atoms with Crippen molar-refractivity contribution in [3.8, 4) is 18.1 Å². The fourth-order valence-corrected chi connectivity index (χ4v) is 1.10. The molecule has 1 aromatic carbocycles. The Labute approximate surface area is 94.2 Å². The summed E-state index contributed by atoms with van der Waals surface area (Å²) in [5, 5.41) is 11.7. The summed E-state index contributed by atoms with van der Waals surface area (Å²) in [7, 11) is 0. The SMILES string of the molecule is C#CCNCCOc1ccc(C(=O)O)cc1. The highest BCUT2D eigenvalue weighted by molar-refractivity contribution is 5.87. The van der Waals surface area contributed by atoms with Crippen molar-refractivity contribution in [3.63, 3.8) is 0 Å². The van der Waals surface area contributed by atoms with Crippen molar-refractivity contribution in [1.82, 2.24) is 5.32 Å². The van der Waals surface area contributed by atoms with Crippen LogP contribution in [-0.4, -0.2) is 30.8 Å². The van der Waals surface area contributed by atoms with Gasteiger partial charge < -0.3 is 15.2 Å². The summed E-state index contributed by atoms with van der Waals surface area (Å²) in [5.41, 5.74) is 0.248. The van der Waals surface area contributed by atoms with Gasteiger partial charge in [-0.1, -0.05) is 5.92 Å². The Balaban J connectivity index is 2.33. The van der Waals surface area contributed by atoms with Crippen molar-refractivity contribution in [3.05, 3.63) is 29.8 Å². The van der Waals surface area contributed by atoms with Gasteiger partial charge in [0.25, 0.3) is 0 Å². The van der Waals surface area contributed by atoms with Crippen LogP contribution in [0.3, 0.4) is 0 Å². The topological polar surface area (TPSA) is 58.6 Å². The molecule has 0 aromatic heterocycles. The van der Waals surface area contributed by atoms with Crippen LogP contribution in [0.2, 0.25) is 0 Å². The molecule has 4 heteroatoms. The number of ether oxygens (including phenoxy) is 1. The highest BCUT2D eigenvalue weighted by atomic mass is 16.5. The summed E-state index contributed by atoms with van der Waals surface area (Å²) in [6, 6.07) is 6.27. The molecular weight excluding hydrogens is 206 g/mol. The van der Waals surface area contributed by atoms with Gasteiger partial charge in [0, 0.05) is 6.54 Å². The lowest BCUT2D eigenvalue weighted by molar-refractivity contribution is 0.0697. The standard InChI is InChI=1S/C12H13NO3/c1-2-7-13-8-9-16-11-5-3-10(4-6-11)12(14)15/h1,3-6,13H,7-9H2,(H,14,15). The van der Waals surface area contributed by atoms with Crippen LogP contribution in [-0.2, 0) is 0 Å². The average molecular weight is 219 g/mol. The van der Waals surface area contributed by atoms with Gasteiger partial charge in [0.1, 0.15) is 12.4 Å². The van der Waals surface area contributed by atoms with Gasteiger partial charge in [-0.05, 0) is 24.3 Å². The number of nitrogens with one attached hydrogen (secondary N) is 1. The van der Waals surface area contributed by atoms with E-state index in [9.17, 15) is 4.79 Å². The minimum Gasteiger partial charge on any atom is -0.492 e. The lowest BCUT2D eigenvalue weighted by Gasteiger charge is -2.06. The molecule has 0 aliphatic rings. The van der Waals surface area contributed by atoms with Crippen molar-refractivity contribution in [2.75, 3.05) is 19.7 Å². The Kier molecular flexibility index (Phi) is 4.90. The molecule has 0 heterocycles. The number of hydrogen-bond acceptors (Lipinski definition) is 3. The van der Waals surface area contributed by atoms with Gasteiger partial charge in [-0.25, -0.2) is 4.79 Å². The quantitative estimate of drug-likeness (QED) is 0.553. The Bertz CT molecular complexity index is 378.